The van der Waals surface area contributed by atoms with Crippen molar-refractivity contribution >= 4 is 57.3 Å². The van der Waals surface area contributed by atoms with Gasteiger partial charge in [0.2, 0.25) is 0 Å². The van der Waals surface area contributed by atoms with Crippen LogP contribution in [0.3, 0.4) is 0 Å². The molecule has 2 aromatic carbocycles. The number of carbonyl (C=O) groups is 2. The number of thioether (sulfide) groups is 1. The van der Waals surface area contributed by atoms with E-state index >= 15 is 0 Å². The third-order valence-corrected chi connectivity index (χ3v) is 7.44. The summed E-state index contributed by atoms with van der Waals surface area (Å²) in [5.41, 5.74) is 2.79. The van der Waals surface area contributed by atoms with E-state index in [9.17, 15) is 9.59 Å². The van der Waals surface area contributed by atoms with Gasteiger partial charge in [-0.15, -0.1) is 0 Å². The number of hydrogen-bond acceptors (Lipinski definition) is 6. The number of hydrogen-bond donors (Lipinski definition) is 1. The van der Waals surface area contributed by atoms with Crippen LogP contribution >= 0.6 is 23.4 Å². The number of fused-ring (bicyclic) bond motifs is 1. The summed E-state index contributed by atoms with van der Waals surface area (Å²) in [5.74, 6) is -0.545. The van der Waals surface area contributed by atoms with Crippen LogP contribution in [0, 0.1) is 11.3 Å². The number of carbonyl (C=O) groups excluding carboxylic acids is 2. The molecule has 7 nitrogen and oxygen atoms in total. The number of aliphatic imine (C=N–C) groups is 1. The number of nitrogens with one attached hydrogen (secondary N) is 1. The molecular weight excluding hydrogens is 470 g/mol. The third-order valence-electron chi connectivity index (χ3n) is 6.13. The summed E-state index contributed by atoms with van der Waals surface area (Å²) in [6.07, 6.45) is 3.58. The highest BCUT2D eigenvalue weighted by atomic mass is 35.5. The molecule has 2 fully saturated rings. The van der Waals surface area contributed by atoms with Gasteiger partial charge in [-0.2, -0.15) is 5.26 Å². The van der Waals surface area contributed by atoms with Crippen LogP contribution in [0.1, 0.15) is 30.4 Å². The van der Waals surface area contributed by atoms with Crippen molar-refractivity contribution < 1.29 is 9.59 Å². The number of anilines is 1. The van der Waals surface area contributed by atoms with E-state index in [2.05, 4.69) is 16.3 Å². The minimum atomic E-state index is -0.316. The Bertz CT molecular complexity index is 1260. The summed E-state index contributed by atoms with van der Waals surface area (Å²) >= 11 is 7.40. The van der Waals surface area contributed by atoms with Crippen LogP contribution < -0.4 is 5.32 Å². The van der Waals surface area contributed by atoms with E-state index in [1.165, 1.54) is 31.0 Å². The minimum Gasteiger partial charge on any atom is -0.321 e. The molecule has 2 saturated heterocycles. The highest BCUT2D eigenvalue weighted by molar-refractivity contribution is 8.18. The summed E-state index contributed by atoms with van der Waals surface area (Å²) in [6, 6.07) is 14.2. The first-order chi connectivity index (χ1) is 16.5. The second kappa shape index (κ2) is 9.63. The molecule has 2 amide bonds. The van der Waals surface area contributed by atoms with Gasteiger partial charge in [0.25, 0.3) is 11.8 Å². The molecule has 1 N–H and O–H groups in total. The van der Waals surface area contributed by atoms with Crippen LogP contribution in [-0.4, -0.2) is 53.0 Å². The lowest BCUT2D eigenvalue weighted by molar-refractivity contribution is -0.122. The quantitative estimate of drug-likeness (QED) is 0.630. The van der Waals surface area contributed by atoms with Crippen LogP contribution in [0.5, 0.6) is 0 Å². The molecule has 0 aliphatic carbocycles. The number of likely N-dealkylation sites (tertiary alicyclic amines) is 1. The normalized spacial score (nSPS) is 21.6. The van der Waals surface area contributed by atoms with Crippen molar-refractivity contribution in [3.8, 4) is 6.07 Å². The van der Waals surface area contributed by atoms with Gasteiger partial charge in [0.05, 0.1) is 27.8 Å². The number of halogens is 1. The standard InChI is InChI=1S/C25H22ClN5O2S/c26-17-6-9-20-19(14-17)21(23(32)29-20)22-24(33)31(13-12-30-10-2-1-3-11-30)25(34-22)28-18-7-4-16(15-27)5-8-18/h4-9,14H,1-3,10-13H2,(H,29,32)/b22-21-,28-25-. The highest BCUT2D eigenvalue weighted by Gasteiger charge is 2.40. The Labute approximate surface area is 207 Å². The Balaban J connectivity index is 1.51. The van der Waals surface area contributed by atoms with E-state index in [4.69, 9.17) is 21.9 Å². The van der Waals surface area contributed by atoms with Crippen molar-refractivity contribution in [3.63, 3.8) is 0 Å². The fourth-order valence-electron chi connectivity index (χ4n) is 4.35. The molecule has 0 saturated carbocycles. The molecule has 3 aliphatic rings. The van der Waals surface area contributed by atoms with Crippen molar-refractivity contribution in [2.75, 3.05) is 31.5 Å². The number of nitrogens with zero attached hydrogens (tertiary/aromatic N) is 4. The average Bonchev–Trinajstić information content (AvgIpc) is 3.33. The van der Waals surface area contributed by atoms with Crippen LogP contribution in [-0.2, 0) is 9.59 Å². The van der Waals surface area contributed by atoms with Crippen LogP contribution in [0.4, 0.5) is 11.4 Å². The first-order valence-corrected chi connectivity index (χ1v) is 12.4. The molecule has 0 aromatic heterocycles. The molecule has 9 heteroatoms. The van der Waals surface area contributed by atoms with Crippen LogP contribution in [0.25, 0.3) is 5.57 Å². The summed E-state index contributed by atoms with van der Waals surface area (Å²) in [5, 5.41) is 12.9. The van der Waals surface area contributed by atoms with E-state index in [0.717, 1.165) is 19.6 Å². The lowest BCUT2D eigenvalue weighted by atomic mass is 10.1. The van der Waals surface area contributed by atoms with E-state index in [1.807, 2.05) is 0 Å². The number of piperidine rings is 1. The van der Waals surface area contributed by atoms with Gasteiger partial charge in [0, 0.05) is 29.4 Å². The van der Waals surface area contributed by atoms with Crippen LogP contribution in [0.2, 0.25) is 5.02 Å². The zero-order valence-electron chi connectivity index (χ0n) is 18.4. The Morgan fingerprint density at radius 1 is 1.06 bits per heavy atom. The van der Waals surface area contributed by atoms with Gasteiger partial charge in [-0.3, -0.25) is 14.5 Å². The van der Waals surface area contributed by atoms with Crippen molar-refractivity contribution in [3.05, 3.63) is 63.5 Å². The smallest absolute Gasteiger partial charge is 0.267 e. The lowest BCUT2D eigenvalue weighted by Crippen LogP contribution is -2.40. The number of amides is 2. The molecule has 5 rings (SSSR count). The second-order valence-corrected chi connectivity index (χ2v) is 9.78. The minimum absolute atomic E-state index is 0.229. The van der Waals surface area contributed by atoms with Crippen molar-refractivity contribution in [2.45, 2.75) is 19.3 Å². The predicted octanol–water partition coefficient (Wildman–Crippen LogP) is 4.62. The Kier molecular flexibility index (Phi) is 6.42. The molecule has 0 bridgehead atoms. The van der Waals surface area contributed by atoms with E-state index in [1.54, 1.807) is 47.4 Å². The second-order valence-electron chi connectivity index (χ2n) is 8.36. The molecule has 3 aliphatic heterocycles. The van der Waals surface area contributed by atoms with Gasteiger partial charge in [-0.05, 0) is 80.2 Å². The SMILES string of the molecule is N#Cc1ccc(/N=C2\S/C(=C3\C(=O)Nc4ccc(Cl)cc43)C(=O)N2CCN2CCCCC2)cc1. The molecule has 3 heterocycles. The summed E-state index contributed by atoms with van der Waals surface area (Å²) in [6.45, 7) is 3.29. The Morgan fingerprint density at radius 3 is 2.56 bits per heavy atom. The predicted molar refractivity (Wildman–Crippen MR) is 135 cm³/mol. The molecule has 2 aromatic rings. The fraction of sp³-hybridized carbons (Fsp3) is 0.280. The third kappa shape index (κ3) is 4.47. The van der Waals surface area contributed by atoms with Crippen LogP contribution in [0.15, 0.2) is 52.4 Å². The number of nitriles is 1. The zero-order valence-corrected chi connectivity index (χ0v) is 20.0. The largest absolute Gasteiger partial charge is 0.321 e. The van der Waals surface area contributed by atoms with Gasteiger partial charge in [-0.25, -0.2) is 4.99 Å². The highest BCUT2D eigenvalue weighted by Crippen LogP contribution is 2.43. The van der Waals surface area contributed by atoms with E-state index < -0.39 is 0 Å². The number of rotatable bonds is 4. The van der Waals surface area contributed by atoms with Gasteiger partial charge < -0.3 is 10.2 Å². The van der Waals surface area contributed by atoms with Gasteiger partial charge in [0.1, 0.15) is 0 Å². The summed E-state index contributed by atoms with van der Waals surface area (Å²) in [4.78, 5) is 35.5. The van der Waals surface area contributed by atoms with E-state index in [-0.39, 0.29) is 11.8 Å². The maximum absolute atomic E-state index is 13.6. The maximum atomic E-state index is 13.6. The Morgan fingerprint density at radius 2 is 1.82 bits per heavy atom. The number of benzene rings is 2. The topological polar surface area (TPSA) is 88.8 Å². The molecular formula is C25H22ClN5O2S. The van der Waals surface area contributed by atoms with E-state index in [0.29, 0.717) is 49.7 Å². The average molecular weight is 492 g/mol. The summed E-state index contributed by atoms with van der Waals surface area (Å²) < 4.78 is 0. The first-order valence-electron chi connectivity index (χ1n) is 11.2. The molecule has 34 heavy (non-hydrogen) atoms. The molecule has 0 atom stereocenters. The monoisotopic (exact) mass is 491 g/mol. The van der Waals surface area contributed by atoms with Gasteiger partial charge >= 0.3 is 0 Å². The molecule has 172 valence electrons. The van der Waals surface area contributed by atoms with Crippen molar-refractivity contribution in [1.82, 2.24) is 9.80 Å². The summed E-state index contributed by atoms with van der Waals surface area (Å²) in [7, 11) is 0. The fourth-order valence-corrected chi connectivity index (χ4v) is 5.64. The number of amidine groups is 1. The van der Waals surface area contributed by atoms with Gasteiger partial charge in [0.15, 0.2) is 5.17 Å². The lowest BCUT2D eigenvalue weighted by Gasteiger charge is -2.28. The van der Waals surface area contributed by atoms with Crippen molar-refractivity contribution in [2.24, 2.45) is 4.99 Å². The molecule has 0 unspecified atom stereocenters. The molecule has 0 spiro atoms. The Hall–Kier alpha value is -3.12. The first kappa shape index (κ1) is 22.7. The van der Waals surface area contributed by atoms with Crippen molar-refractivity contribution in [1.29, 1.82) is 5.26 Å². The molecule has 0 radical (unpaired) electrons. The van der Waals surface area contributed by atoms with Gasteiger partial charge in [-0.1, -0.05) is 18.0 Å². The maximum Gasteiger partial charge on any atom is 0.267 e. The zero-order chi connectivity index (χ0) is 23.7.